The van der Waals surface area contributed by atoms with Crippen molar-refractivity contribution in [1.82, 2.24) is 18.9 Å². The number of carbonyl (C=O) groups excluding carboxylic acids is 2. The minimum Gasteiger partial charge on any atom is -0.505 e. The number of aromatic nitrogens is 3. The monoisotopic (exact) mass is 665 g/mol. The molecule has 236 valence electrons. The number of halogens is 3. The summed E-state index contributed by atoms with van der Waals surface area (Å²) in [6.45, 7) is -0.0266. The summed E-state index contributed by atoms with van der Waals surface area (Å²) in [5.41, 5.74) is 1.12. The van der Waals surface area contributed by atoms with Gasteiger partial charge in [-0.05, 0) is 54.0 Å². The van der Waals surface area contributed by atoms with Gasteiger partial charge in [-0.25, -0.2) is 27.9 Å². The highest BCUT2D eigenvalue weighted by Gasteiger charge is 2.69. The van der Waals surface area contributed by atoms with Gasteiger partial charge in [-0.3, -0.25) is 15.0 Å². The number of amides is 2. The number of anilines is 1. The number of nitrogens with one attached hydrogen (secondary N) is 1. The standard InChI is InChI=1S/C32H26Cl2FN5O6/c1-37-30(44)38-13-12-19-25(40(38)31(37)45)15-21-28(42)39(36-24-11-8-17(33)14-22(24)34)29(43)32(21,16-6-9-18(46-2)10-7-16)26(19)20-4-3-5-23(35)27(20)41/h3-12,14,21,25-26,36,41H,13,15H2,1-2H3/t21-,25+,26+,32+/m0/s1. The fourth-order valence-corrected chi connectivity index (χ4v) is 7.77. The van der Waals surface area contributed by atoms with Gasteiger partial charge in [0.15, 0.2) is 11.6 Å². The van der Waals surface area contributed by atoms with Gasteiger partial charge in [-0.2, -0.15) is 5.01 Å². The zero-order valence-corrected chi connectivity index (χ0v) is 25.9. The number of para-hydroxylation sites is 1. The maximum absolute atomic E-state index is 15.1. The fraction of sp³-hybridized carbons (Fsp3) is 0.250. The molecule has 7 rings (SSSR count). The average molecular weight is 666 g/mol. The van der Waals surface area contributed by atoms with E-state index >= 15 is 9.18 Å². The molecule has 11 nitrogen and oxygen atoms in total. The number of hydrogen-bond donors (Lipinski definition) is 2. The largest absolute Gasteiger partial charge is 0.505 e. The molecule has 4 atom stereocenters. The summed E-state index contributed by atoms with van der Waals surface area (Å²) in [6.07, 6.45) is 1.65. The number of hydrazine groups is 1. The first-order valence-electron chi connectivity index (χ1n) is 14.3. The van der Waals surface area contributed by atoms with Crippen LogP contribution in [0.3, 0.4) is 0 Å². The quantitative estimate of drug-likeness (QED) is 0.242. The van der Waals surface area contributed by atoms with E-state index in [2.05, 4.69) is 5.43 Å². The minimum absolute atomic E-state index is 0.0266. The van der Waals surface area contributed by atoms with Crippen LogP contribution in [0.5, 0.6) is 11.5 Å². The van der Waals surface area contributed by atoms with Crippen molar-refractivity contribution >= 4 is 40.7 Å². The Kier molecular flexibility index (Phi) is 6.91. The Balaban J connectivity index is 1.52. The predicted molar refractivity (Wildman–Crippen MR) is 167 cm³/mol. The molecule has 14 heteroatoms. The average Bonchev–Trinajstić information content (AvgIpc) is 3.40. The smallest absolute Gasteiger partial charge is 0.347 e. The number of phenols is 1. The van der Waals surface area contributed by atoms with E-state index in [9.17, 15) is 19.5 Å². The molecule has 1 aromatic heterocycles. The third-order valence-electron chi connectivity index (χ3n) is 9.36. The molecule has 2 fully saturated rings. The molecule has 1 saturated carbocycles. The summed E-state index contributed by atoms with van der Waals surface area (Å²) in [5, 5.41) is 12.6. The molecule has 3 aromatic carbocycles. The molecule has 2 amide bonds. The molecule has 0 bridgehead atoms. The van der Waals surface area contributed by atoms with E-state index in [0.717, 1.165) is 15.6 Å². The lowest BCUT2D eigenvalue weighted by atomic mass is 9.53. The van der Waals surface area contributed by atoms with Crippen LogP contribution in [0.2, 0.25) is 10.0 Å². The van der Waals surface area contributed by atoms with Crippen LogP contribution < -0.4 is 21.5 Å². The highest BCUT2D eigenvalue weighted by atomic mass is 35.5. The van der Waals surface area contributed by atoms with E-state index in [4.69, 9.17) is 27.9 Å². The Bertz CT molecular complexity index is 2100. The van der Waals surface area contributed by atoms with Crippen molar-refractivity contribution in [1.29, 1.82) is 0 Å². The normalized spacial score (nSPS) is 23.5. The maximum Gasteiger partial charge on any atom is 0.347 e. The Hall–Kier alpha value is -4.81. The Labute approximate surface area is 270 Å². The molecule has 3 aliphatic rings. The molecule has 1 saturated heterocycles. The summed E-state index contributed by atoms with van der Waals surface area (Å²) < 4.78 is 24.0. The van der Waals surface area contributed by atoms with Gasteiger partial charge in [0.2, 0.25) is 0 Å². The van der Waals surface area contributed by atoms with Crippen molar-refractivity contribution in [2.75, 3.05) is 12.5 Å². The lowest BCUT2D eigenvalue weighted by Gasteiger charge is -2.49. The van der Waals surface area contributed by atoms with Gasteiger partial charge in [0.25, 0.3) is 11.8 Å². The van der Waals surface area contributed by atoms with Crippen LogP contribution in [-0.4, -0.2) is 43.0 Å². The molecule has 0 radical (unpaired) electrons. The number of methoxy groups -OCH3 is 1. The number of aromatic hydroxyl groups is 1. The van der Waals surface area contributed by atoms with E-state index in [1.807, 2.05) is 0 Å². The molecule has 1 aliphatic carbocycles. The molecule has 2 aliphatic heterocycles. The Morgan fingerprint density at radius 1 is 1.02 bits per heavy atom. The van der Waals surface area contributed by atoms with E-state index in [-0.39, 0.29) is 29.2 Å². The van der Waals surface area contributed by atoms with Gasteiger partial charge >= 0.3 is 11.4 Å². The minimum atomic E-state index is -1.75. The van der Waals surface area contributed by atoms with E-state index < -0.39 is 58.1 Å². The maximum atomic E-state index is 15.1. The van der Waals surface area contributed by atoms with Crippen LogP contribution in [0.15, 0.2) is 81.9 Å². The molecular weight excluding hydrogens is 640 g/mol. The highest BCUT2D eigenvalue weighted by Crippen LogP contribution is 2.63. The van der Waals surface area contributed by atoms with E-state index in [1.54, 1.807) is 36.4 Å². The second kappa shape index (κ2) is 10.6. The van der Waals surface area contributed by atoms with Gasteiger partial charge in [0.1, 0.15) is 5.75 Å². The van der Waals surface area contributed by atoms with Crippen molar-refractivity contribution in [2.45, 2.75) is 30.3 Å². The number of phenolic OH excluding ortho intramolecular Hbond substituents is 1. The van der Waals surface area contributed by atoms with Crippen LogP contribution in [0.4, 0.5) is 10.1 Å². The molecule has 2 N–H and O–H groups in total. The predicted octanol–water partition coefficient (Wildman–Crippen LogP) is 4.13. The van der Waals surface area contributed by atoms with Crippen molar-refractivity contribution in [2.24, 2.45) is 13.0 Å². The summed E-state index contributed by atoms with van der Waals surface area (Å²) in [6, 6.07) is 14.2. The molecule has 46 heavy (non-hydrogen) atoms. The Morgan fingerprint density at radius 2 is 1.76 bits per heavy atom. The number of imide groups is 1. The summed E-state index contributed by atoms with van der Waals surface area (Å²) in [4.78, 5) is 56.0. The first-order chi connectivity index (χ1) is 22.0. The van der Waals surface area contributed by atoms with Gasteiger partial charge in [-0.1, -0.05) is 53.5 Å². The van der Waals surface area contributed by atoms with Crippen LogP contribution in [0, 0.1) is 11.7 Å². The van der Waals surface area contributed by atoms with Crippen molar-refractivity contribution in [3.63, 3.8) is 0 Å². The van der Waals surface area contributed by atoms with Gasteiger partial charge in [0, 0.05) is 23.6 Å². The molecular formula is C32H26Cl2FN5O6. The van der Waals surface area contributed by atoms with Crippen LogP contribution in [0.1, 0.15) is 29.5 Å². The summed E-state index contributed by atoms with van der Waals surface area (Å²) in [5.74, 6) is -4.77. The van der Waals surface area contributed by atoms with E-state index in [1.165, 1.54) is 47.8 Å². The summed E-state index contributed by atoms with van der Waals surface area (Å²) in [7, 11) is 2.85. The number of allylic oxidation sites excluding steroid dienone is 2. The number of ether oxygens (including phenoxy) is 1. The van der Waals surface area contributed by atoms with Gasteiger partial charge < -0.3 is 9.84 Å². The molecule has 3 heterocycles. The zero-order chi connectivity index (χ0) is 32.7. The molecule has 0 spiro atoms. The summed E-state index contributed by atoms with van der Waals surface area (Å²) >= 11 is 12.5. The third-order valence-corrected chi connectivity index (χ3v) is 9.91. The first kappa shape index (κ1) is 29.9. The lowest BCUT2D eigenvalue weighted by molar-refractivity contribution is -0.138. The number of benzene rings is 3. The van der Waals surface area contributed by atoms with Crippen LogP contribution >= 0.6 is 23.2 Å². The number of hydrogen-bond acceptors (Lipinski definition) is 7. The first-order valence-corrected chi connectivity index (χ1v) is 15.1. The highest BCUT2D eigenvalue weighted by molar-refractivity contribution is 6.36. The fourth-order valence-electron chi connectivity index (χ4n) is 7.32. The second-order valence-electron chi connectivity index (χ2n) is 11.5. The second-order valence-corrected chi connectivity index (χ2v) is 12.3. The number of nitrogens with zero attached hydrogens (tertiary/aromatic N) is 4. The topological polar surface area (TPSA) is 128 Å². The lowest BCUT2D eigenvalue weighted by Crippen LogP contribution is -2.53. The molecule has 4 aromatic rings. The van der Waals surface area contributed by atoms with Gasteiger partial charge in [-0.15, -0.1) is 0 Å². The third kappa shape index (κ3) is 4.02. The van der Waals surface area contributed by atoms with Crippen LogP contribution in [0.25, 0.3) is 0 Å². The van der Waals surface area contributed by atoms with Crippen molar-refractivity contribution in [3.05, 3.63) is 120 Å². The van der Waals surface area contributed by atoms with E-state index in [0.29, 0.717) is 21.9 Å². The number of carbonyl (C=O) groups is 2. The number of rotatable bonds is 5. The van der Waals surface area contributed by atoms with Gasteiger partial charge in [0.05, 0.1) is 41.7 Å². The van der Waals surface area contributed by atoms with Crippen molar-refractivity contribution < 1.29 is 23.8 Å². The SMILES string of the molecule is COc1ccc([C@@]23C(=O)N(Nc4ccc(Cl)cc4Cl)C(=O)[C@@H]2C[C@@H]2C(=CCn4c(=O)n(C)c(=O)n42)[C@@H]3c2cccc(F)c2O)cc1. The zero-order valence-electron chi connectivity index (χ0n) is 24.4. The van der Waals surface area contributed by atoms with Crippen molar-refractivity contribution in [3.8, 4) is 11.5 Å². The number of fused-ring (bicyclic) bond motifs is 4. The van der Waals surface area contributed by atoms with Crippen LogP contribution in [-0.2, 0) is 28.6 Å². The molecule has 0 unspecified atom stereocenters. The Morgan fingerprint density at radius 3 is 2.46 bits per heavy atom.